The second-order valence-electron chi connectivity index (χ2n) is 8.13. The molecular weight excluding hydrogens is 505 g/mol. The Morgan fingerprint density at radius 3 is 2.39 bits per heavy atom. The van der Waals surface area contributed by atoms with Crippen LogP contribution in [0.25, 0.3) is 11.1 Å². The molecule has 196 valence electrons. The van der Waals surface area contributed by atoms with E-state index in [4.69, 9.17) is 4.74 Å². The van der Waals surface area contributed by atoms with Gasteiger partial charge in [0.1, 0.15) is 17.2 Å². The molecule has 4 rings (SSSR count). The number of methoxy groups -OCH3 is 1. The molecule has 0 fully saturated rings. The highest BCUT2D eigenvalue weighted by molar-refractivity contribution is 5.92. The Morgan fingerprint density at radius 1 is 0.947 bits per heavy atom. The summed E-state index contributed by atoms with van der Waals surface area (Å²) in [4.78, 5) is 46.3. The van der Waals surface area contributed by atoms with Crippen LogP contribution < -0.4 is 20.7 Å². The minimum absolute atomic E-state index is 0.0263. The minimum atomic E-state index is -5.01. The van der Waals surface area contributed by atoms with Crippen LogP contribution in [0.1, 0.15) is 21.6 Å². The number of carbonyl (C=O) groups is 1. The van der Waals surface area contributed by atoms with Crippen molar-refractivity contribution in [3.8, 4) is 22.6 Å². The largest absolute Gasteiger partial charge is 0.573 e. The zero-order chi connectivity index (χ0) is 27.3. The average molecular weight is 526 g/mol. The van der Waals surface area contributed by atoms with Gasteiger partial charge in [0, 0.05) is 29.9 Å². The molecular formula is C26H21F3N4O5. The number of halogens is 3. The maximum atomic E-state index is 13.4. The van der Waals surface area contributed by atoms with E-state index in [0.29, 0.717) is 22.4 Å². The van der Waals surface area contributed by atoms with Crippen LogP contribution in [0.15, 0.2) is 82.6 Å². The summed E-state index contributed by atoms with van der Waals surface area (Å²) in [6, 6.07) is 15.4. The highest BCUT2D eigenvalue weighted by atomic mass is 19.4. The molecule has 0 atom stereocenters. The number of hydrogen-bond acceptors (Lipinski definition) is 6. The third-order valence-corrected chi connectivity index (χ3v) is 5.43. The van der Waals surface area contributed by atoms with Gasteiger partial charge in [-0.1, -0.05) is 42.5 Å². The van der Waals surface area contributed by atoms with Crippen LogP contribution in [-0.4, -0.2) is 39.2 Å². The molecule has 0 saturated heterocycles. The number of ether oxygens (including phenoxy) is 2. The minimum Gasteiger partial charge on any atom is -0.495 e. The summed E-state index contributed by atoms with van der Waals surface area (Å²) in [5, 5.41) is 0. The first kappa shape index (κ1) is 26.2. The van der Waals surface area contributed by atoms with Crippen molar-refractivity contribution in [1.29, 1.82) is 0 Å². The van der Waals surface area contributed by atoms with Crippen LogP contribution in [0.5, 0.6) is 11.5 Å². The smallest absolute Gasteiger partial charge is 0.495 e. The Balaban J connectivity index is 1.75. The lowest BCUT2D eigenvalue weighted by molar-refractivity contribution is -0.274. The van der Waals surface area contributed by atoms with Gasteiger partial charge in [-0.2, -0.15) is 0 Å². The number of rotatable bonds is 8. The Kier molecular flexibility index (Phi) is 7.61. The third kappa shape index (κ3) is 6.66. The number of nitrogens with one attached hydrogen (secondary N) is 2. The van der Waals surface area contributed by atoms with Crippen molar-refractivity contribution in [1.82, 2.24) is 19.9 Å². The summed E-state index contributed by atoms with van der Waals surface area (Å²) >= 11 is 0. The molecule has 38 heavy (non-hydrogen) atoms. The lowest BCUT2D eigenvalue weighted by Gasteiger charge is -2.24. The number of amides is 1. The predicted molar refractivity (Wildman–Crippen MR) is 131 cm³/mol. The van der Waals surface area contributed by atoms with Crippen LogP contribution >= 0.6 is 0 Å². The molecule has 1 amide bonds. The maximum Gasteiger partial charge on any atom is 0.573 e. The van der Waals surface area contributed by atoms with Crippen LogP contribution in [0.3, 0.4) is 0 Å². The van der Waals surface area contributed by atoms with Crippen LogP contribution in [-0.2, 0) is 13.1 Å². The fourth-order valence-electron chi connectivity index (χ4n) is 3.74. The molecule has 9 nitrogen and oxygen atoms in total. The van der Waals surface area contributed by atoms with Gasteiger partial charge in [0.2, 0.25) is 0 Å². The van der Waals surface area contributed by atoms with E-state index in [2.05, 4.69) is 14.7 Å². The number of carbonyl (C=O) groups excluding carboxylic acids is 1. The second kappa shape index (κ2) is 11.0. The Bertz CT molecular complexity index is 1520. The lowest BCUT2D eigenvalue weighted by atomic mass is 10.0. The first-order valence-corrected chi connectivity index (χ1v) is 11.2. The molecule has 2 aromatic carbocycles. The molecule has 0 radical (unpaired) electrons. The number of nitrogens with zero attached hydrogens (tertiary/aromatic N) is 2. The summed E-state index contributed by atoms with van der Waals surface area (Å²) in [6.45, 7) is -0.355. The van der Waals surface area contributed by atoms with Gasteiger partial charge >= 0.3 is 12.1 Å². The maximum absolute atomic E-state index is 13.4. The van der Waals surface area contributed by atoms with Crippen molar-refractivity contribution in [3.63, 3.8) is 0 Å². The fourth-order valence-corrected chi connectivity index (χ4v) is 3.74. The van der Waals surface area contributed by atoms with Crippen molar-refractivity contribution in [2.24, 2.45) is 0 Å². The monoisotopic (exact) mass is 526 g/mol. The summed E-state index contributed by atoms with van der Waals surface area (Å²) in [7, 11) is 1.44. The van der Waals surface area contributed by atoms with Gasteiger partial charge in [0.05, 0.1) is 19.9 Å². The van der Waals surface area contributed by atoms with Gasteiger partial charge in [0.25, 0.3) is 11.5 Å². The summed E-state index contributed by atoms with van der Waals surface area (Å²) in [5.74, 6) is -0.879. The average Bonchev–Trinajstić information content (AvgIpc) is 2.88. The van der Waals surface area contributed by atoms with E-state index in [9.17, 15) is 27.6 Å². The molecule has 2 N–H and O–H groups in total. The van der Waals surface area contributed by atoms with E-state index in [0.717, 1.165) is 6.07 Å². The quantitative estimate of drug-likeness (QED) is 0.360. The Morgan fingerprint density at radius 2 is 1.71 bits per heavy atom. The van der Waals surface area contributed by atoms with E-state index in [1.165, 1.54) is 36.5 Å². The van der Waals surface area contributed by atoms with Crippen molar-refractivity contribution in [3.05, 3.63) is 111 Å². The first-order valence-electron chi connectivity index (χ1n) is 11.2. The van der Waals surface area contributed by atoms with Gasteiger partial charge in [-0.3, -0.25) is 19.6 Å². The highest BCUT2D eigenvalue weighted by Gasteiger charge is 2.33. The molecule has 2 aromatic heterocycles. The molecule has 0 aliphatic carbocycles. The van der Waals surface area contributed by atoms with Crippen molar-refractivity contribution in [2.75, 3.05) is 7.11 Å². The highest BCUT2D eigenvalue weighted by Crippen LogP contribution is 2.33. The fraction of sp³-hybridized carbons (Fsp3) is 0.154. The molecule has 0 unspecified atom stereocenters. The molecule has 0 aliphatic heterocycles. The molecule has 2 heterocycles. The topological polar surface area (TPSA) is 117 Å². The van der Waals surface area contributed by atoms with Gasteiger partial charge in [-0.05, 0) is 23.3 Å². The van der Waals surface area contributed by atoms with E-state index in [1.54, 1.807) is 42.5 Å². The zero-order valence-corrected chi connectivity index (χ0v) is 19.9. The number of H-pyrrole nitrogens is 2. The number of pyridine rings is 1. The number of hydrogen-bond donors (Lipinski definition) is 2. The molecule has 12 heteroatoms. The second-order valence-corrected chi connectivity index (χ2v) is 8.13. The zero-order valence-electron chi connectivity index (χ0n) is 19.9. The normalized spacial score (nSPS) is 11.2. The van der Waals surface area contributed by atoms with Gasteiger partial charge in [-0.25, -0.2) is 4.79 Å². The van der Waals surface area contributed by atoms with Gasteiger partial charge < -0.3 is 19.4 Å². The molecule has 4 aromatic rings. The van der Waals surface area contributed by atoms with Crippen LogP contribution in [0, 0.1) is 0 Å². The molecule has 0 aliphatic rings. The van der Waals surface area contributed by atoms with Crippen LogP contribution in [0.4, 0.5) is 13.2 Å². The Labute approximate surface area is 213 Å². The number of benzene rings is 2. The number of alkyl halides is 3. The van der Waals surface area contributed by atoms with E-state index in [-0.39, 0.29) is 24.3 Å². The van der Waals surface area contributed by atoms with Crippen molar-refractivity contribution in [2.45, 2.75) is 19.5 Å². The van der Waals surface area contributed by atoms with Gasteiger partial charge in [-0.15, -0.1) is 13.2 Å². The number of aromatic amines is 2. The van der Waals surface area contributed by atoms with E-state index < -0.39 is 29.3 Å². The molecule has 0 bridgehead atoms. The SMILES string of the molecule is COc1cncc(-c2ccc(CN(Cc3ccccc3)C(=O)c3cc(=O)[nH]c(=O)[nH]3)c(OC(F)(F)F)c2)c1. The first-order chi connectivity index (χ1) is 18.1. The van der Waals surface area contributed by atoms with E-state index in [1.807, 2.05) is 4.98 Å². The molecule has 0 spiro atoms. The summed E-state index contributed by atoms with van der Waals surface area (Å²) < 4.78 is 49.5. The third-order valence-electron chi connectivity index (χ3n) is 5.43. The van der Waals surface area contributed by atoms with Crippen molar-refractivity contribution >= 4 is 5.91 Å². The van der Waals surface area contributed by atoms with Crippen molar-refractivity contribution < 1.29 is 27.4 Å². The van der Waals surface area contributed by atoms with Gasteiger partial charge in [0.15, 0.2) is 0 Å². The van der Waals surface area contributed by atoms with E-state index >= 15 is 0 Å². The molecule has 0 saturated carbocycles. The summed E-state index contributed by atoms with van der Waals surface area (Å²) in [6.07, 6.45) is -2.09. The van der Waals surface area contributed by atoms with Crippen LogP contribution in [0.2, 0.25) is 0 Å². The number of aromatic nitrogens is 3. The lowest BCUT2D eigenvalue weighted by Crippen LogP contribution is -2.34. The predicted octanol–water partition coefficient (Wildman–Crippen LogP) is 3.88. The summed E-state index contributed by atoms with van der Waals surface area (Å²) in [5.41, 5.74) is -0.428. The standard InChI is InChI=1S/C26H21F3N4O5/c1-37-20-9-19(12-30-13-20)17-7-8-18(22(10-17)38-26(27,28)29)15-33(14-16-5-3-2-4-6-16)24(35)21-11-23(34)32-25(36)31-21/h2-13H,14-15H2,1H3,(H2,31,32,34,36). The Hall–Kier alpha value is -4.87.